The molecule has 0 spiro atoms. The van der Waals surface area contributed by atoms with Crippen LogP contribution < -0.4 is 4.57 Å². The van der Waals surface area contributed by atoms with E-state index in [0.717, 1.165) is 27.6 Å². The van der Waals surface area contributed by atoms with Crippen LogP contribution in [0.25, 0.3) is 33.4 Å². The maximum absolute atomic E-state index is 8.14. The highest BCUT2D eigenvalue weighted by molar-refractivity contribution is 5.83. The molecule has 0 saturated heterocycles. The summed E-state index contributed by atoms with van der Waals surface area (Å²) in [6, 6.07) is 17.8. The van der Waals surface area contributed by atoms with Crippen molar-refractivity contribution in [3.63, 3.8) is 0 Å². The van der Waals surface area contributed by atoms with Crippen LogP contribution in [0.3, 0.4) is 0 Å². The van der Waals surface area contributed by atoms with Crippen LogP contribution in [0, 0.1) is 13.8 Å². The Bertz CT molecular complexity index is 1380. The van der Waals surface area contributed by atoms with Crippen molar-refractivity contribution < 1.29 is 8.68 Å². The average molecular weight is 330 g/mol. The minimum Gasteiger partial charge on any atom is -0.259 e. The van der Waals surface area contributed by atoms with E-state index in [9.17, 15) is 0 Å². The summed E-state index contributed by atoms with van der Waals surface area (Å²) in [6.45, 7) is -0.410. The van der Waals surface area contributed by atoms with Crippen LogP contribution in [0.5, 0.6) is 0 Å². The van der Waals surface area contributed by atoms with Crippen molar-refractivity contribution in [3.05, 3.63) is 72.2 Å². The number of hydrogen-bond acceptors (Lipinski definition) is 1. The highest BCUT2D eigenvalue weighted by Crippen LogP contribution is 2.26. The minimum atomic E-state index is -2.26. The smallest absolute Gasteiger partial charge is 0.259 e. The molecule has 0 aliphatic rings. The van der Waals surface area contributed by atoms with Crippen LogP contribution in [0.4, 0.5) is 0 Å². The van der Waals surface area contributed by atoms with Crippen molar-refractivity contribution >= 4 is 27.6 Å². The number of aryl methyl sites for hydroxylation is 2. The quantitative estimate of drug-likeness (QED) is 0.428. The Morgan fingerprint density at radius 1 is 1.00 bits per heavy atom. The fourth-order valence-electron chi connectivity index (χ4n) is 3.57. The van der Waals surface area contributed by atoms with Crippen molar-refractivity contribution in [3.8, 4) is 5.82 Å². The highest BCUT2D eigenvalue weighted by atomic mass is 15.3. The first kappa shape index (κ1) is 11.4. The van der Waals surface area contributed by atoms with E-state index in [1.165, 1.54) is 0 Å². The normalized spacial score (nSPS) is 14.1. The van der Waals surface area contributed by atoms with Crippen LogP contribution in [0.2, 0.25) is 0 Å². The molecule has 25 heavy (non-hydrogen) atoms. The van der Waals surface area contributed by atoms with E-state index in [1.807, 2.05) is 59.5 Å². The van der Waals surface area contributed by atoms with Crippen LogP contribution in [-0.2, 0) is 7.05 Å². The lowest BCUT2D eigenvalue weighted by molar-refractivity contribution is -0.664. The van der Waals surface area contributed by atoms with Gasteiger partial charge in [0.05, 0.1) is 30.0 Å². The second-order valence-electron chi connectivity index (χ2n) is 6.38. The van der Waals surface area contributed by atoms with Gasteiger partial charge in [0.15, 0.2) is 0 Å². The van der Waals surface area contributed by atoms with Gasteiger partial charge in [-0.2, -0.15) is 9.55 Å². The summed E-state index contributed by atoms with van der Waals surface area (Å²) in [5.41, 5.74) is 2.54. The molecule has 4 nitrogen and oxygen atoms in total. The van der Waals surface area contributed by atoms with Gasteiger partial charge in [0.1, 0.15) is 5.69 Å². The standard InChI is InChI=1S/C21H19N4/c1-14-15(2)25(21-22-18-10-6-7-11-19(18)24(14)21)20-12-16-8-4-5-9-17(16)13-23(20)3/h4-13H,1-3H3/q+1/i1D3. The SMILES string of the molecule is [2H]C([2H])([2H])c1c(C)n(-c2cc3ccccc3c[n+]2C)c2nc3ccccc3n12. The predicted octanol–water partition coefficient (Wildman–Crippen LogP) is 3.87. The summed E-state index contributed by atoms with van der Waals surface area (Å²) in [7, 11) is 1.97. The largest absolute Gasteiger partial charge is 0.312 e. The lowest BCUT2D eigenvalue weighted by Crippen LogP contribution is -2.33. The number of fused-ring (bicyclic) bond motifs is 4. The van der Waals surface area contributed by atoms with E-state index >= 15 is 0 Å². The topological polar surface area (TPSA) is 26.1 Å². The summed E-state index contributed by atoms with van der Waals surface area (Å²) in [4.78, 5) is 4.77. The van der Waals surface area contributed by atoms with Crippen molar-refractivity contribution in [2.45, 2.75) is 13.8 Å². The number of rotatable bonds is 1. The van der Waals surface area contributed by atoms with Crippen molar-refractivity contribution in [2.75, 3.05) is 0 Å². The van der Waals surface area contributed by atoms with Gasteiger partial charge in [0, 0.05) is 15.6 Å². The molecule has 0 bridgehead atoms. The predicted molar refractivity (Wildman–Crippen MR) is 100 cm³/mol. The molecule has 0 saturated carbocycles. The van der Waals surface area contributed by atoms with Crippen LogP contribution >= 0.6 is 0 Å². The van der Waals surface area contributed by atoms with Crippen LogP contribution in [-0.4, -0.2) is 14.0 Å². The van der Waals surface area contributed by atoms with E-state index in [4.69, 9.17) is 9.10 Å². The van der Waals surface area contributed by atoms with Gasteiger partial charge in [-0.1, -0.05) is 36.4 Å². The maximum atomic E-state index is 8.14. The zero-order valence-corrected chi connectivity index (χ0v) is 14.1. The third-order valence-electron chi connectivity index (χ3n) is 4.85. The Kier molecular flexibility index (Phi) is 2.25. The van der Waals surface area contributed by atoms with Gasteiger partial charge in [0.25, 0.3) is 5.82 Å². The van der Waals surface area contributed by atoms with Gasteiger partial charge in [-0.25, -0.2) is 4.57 Å². The Balaban J connectivity index is 1.96. The molecule has 0 N–H and O–H groups in total. The Morgan fingerprint density at radius 3 is 2.60 bits per heavy atom. The third-order valence-corrected chi connectivity index (χ3v) is 4.85. The molecule has 0 amide bonds. The molecule has 0 atom stereocenters. The molecule has 4 heteroatoms. The number of hydrogen-bond donors (Lipinski definition) is 0. The minimum absolute atomic E-state index is 0.296. The molecule has 5 rings (SSSR count). The van der Waals surface area contributed by atoms with E-state index < -0.39 is 6.85 Å². The zero-order valence-electron chi connectivity index (χ0n) is 17.1. The highest BCUT2D eigenvalue weighted by Gasteiger charge is 2.25. The second kappa shape index (κ2) is 4.93. The monoisotopic (exact) mass is 330 g/mol. The van der Waals surface area contributed by atoms with Crippen molar-refractivity contribution in [1.82, 2.24) is 14.0 Å². The molecule has 122 valence electrons. The fourth-order valence-corrected chi connectivity index (χ4v) is 3.57. The van der Waals surface area contributed by atoms with Gasteiger partial charge < -0.3 is 0 Å². The first-order chi connectivity index (χ1) is 13.4. The number of nitrogens with zero attached hydrogens (tertiary/aromatic N) is 4. The molecule has 0 radical (unpaired) electrons. The summed E-state index contributed by atoms with van der Waals surface area (Å²) >= 11 is 0. The molecule has 3 heterocycles. The van der Waals surface area contributed by atoms with Gasteiger partial charge in [0.2, 0.25) is 0 Å². The number of para-hydroxylation sites is 2. The maximum Gasteiger partial charge on any atom is 0.312 e. The number of aromatic nitrogens is 4. The first-order valence-electron chi connectivity index (χ1n) is 9.74. The molecule has 5 aromatic rings. The summed E-state index contributed by atoms with van der Waals surface area (Å²) in [5, 5.41) is 2.22. The molecule has 0 unspecified atom stereocenters. The van der Waals surface area contributed by atoms with Crippen LogP contribution in [0.15, 0.2) is 60.8 Å². The molecule has 3 aromatic heterocycles. The molecule has 0 aliphatic carbocycles. The summed E-state index contributed by atoms with van der Waals surface area (Å²) in [6.07, 6.45) is 2.05. The molecule has 0 aliphatic heterocycles. The number of pyridine rings is 1. The van der Waals surface area contributed by atoms with Gasteiger partial charge in [-0.15, -0.1) is 0 Å². The molecular weight excluding hydrogens is 308 g/mol. The van der Waals surface area contributed by atoms with Crippen molar-refractivity contribution in [2.24, 2.45) is 7.05 Å². The molecule has 2 aromatic carbocycles. The molecular formula is C21H19N4+. The lowest BCUT2D eigenvalue weighted by Gasteiger charge is -2.05. The fraction of sp³-hybridized carbons (Fsp3) is 0.143. The van der Waals surface area contributed by atoms with Gasteiger partial charge >= 0.3 is 5.78 Å². The Hall–Kier alpha value is -3.14. The zero-order chi connectivity index (χ0) is 19.6. The number of imidazole rings is 2. The third kappa shape index (κ3) is 1.88. The second-order valence-corrected chi connectivity index (χ2v) is 6.38. The Morgan fingerprint density at radius 2 is 1.76 bits per heavy atom. The summed E-state index contributed by atoms with van der Waals surface area (Å²) < 4.78 is 30.1. The first-order valence-corrected chi connectivity index (χ1v) is 8.24. The average Bonchev–Trinajstić information content (AvgIpc) is 3.14. The summed E-state index contributed by atoms with van der Waals surface area (Å²) in [5.74, 6) is 1.47. The van der Waals surface area contributed by atoms with E-state index in [-0.39, 0.29) is 0 Å². The van der Waals surface area contributed by atoms with Crippen molar-refractivity contribution in [1.29, 1.82) is 0 Å². The van der Waals surface area contributed by atoms with Gasteiger partial charge in [-0.05, 0) is 31.3 Å². The van der Waals surface area contributed by atoms with E-state index in [2.05, 4.69) is 24.4 Å². The lowest BCUT2D eigenvalue weighted by atomic mass is 10.2. The Labute approximate surface area is 149 Å². The molecule has 0 fully saturated rings. The number of benzene rings is 2. The van der Waals surface area contributed by atoms with E-state index in [1.54, 1.807) is 4.40 Å². The van der Waals surface area contributed by atoms with Crippen LogP contribution in [0.1, 0.15) is 15.5 Å². The van der Waals surface area contributed by atoms with E-state index in [0.29, 0.717) is 17.2 Å². The van der Waals surface area contributed by atoms with Gasteiger partial charge in [-0.3, -0.25) is 4.40 Å².